The van der Waals surface area contributed by atoms with Crippen LogP contribution in [0.25, 0.3) is 0 Å². The monoisotopic (exact) mass is 427 g/mol. The minimum atomic E-state index is 0.0472. The van der Waals surface area contributed by atoms with Crippen molar-refractivity contribution in [3.05, 3.63) is 47.5 Å². The topological polar surface area (TPSA) is 70.5 Å². The summed E-state index contributed by atoms with van der Waals surface area (Å²) in [6.07, 6.45) is 3.07. The number of rotatable bonds is 7. The molecule has 166 valence electrons. The number of nitrogens with one attached hydrogen (secondary N) is 2. The Hall–Kier alpha value is -2.93. The summed E-state index contributed by atoms with van der Waals surface area (Å²) in [5, 5.41) is 3.04. The largest absolute Gasteiger partial charge is 0.493 e. The first kappa shape index (κ1) is 21.3. The number of benzene rings is 2. The molecule has 1 fully saturated rings. The first-order valence-electron chi connectivity index (χ1n) is 10.9. The van der Waals surface area contributed by atoms with Gasteiger partial charge in [0.05, 0.1) is 34.0 Å². The van der Waals surface area contributed by atoms with E-state index in [-0.39, 0.29) is 5.91 Å². The van der Waals surface area contributed by atoms with Crippen molar-refractivity contribution in [2.45, 2.75) is 31.8 Å². The van der Waals surface area contributed by atoms with E-state index in [1.54, 1.807) is 14.2 Å². The Morgan fingerprint density at radius 1 is 1.03 bits per heavy atom. The SMILES string of the molecule is COc1ccc(CNC(=O)C[NH+]2CCC[C@H]2c2ccc3c(c2)OCCCO3)cc1OC. The maximum absolute atomic E-state index is 12.7. The van der Waals surface area contributed by atoms with Gasteiger partial charge in [0.25, 0.3) is 5.91 Å². The highest BCUT2D eigenvalue weighted by molar-refractivity contribution is 5.76. The van der Waals surface area contributed by atoms with Crippen LogP contribution in [0.4, 0.5) is 0 Å². The molecule has 4 rings (SSSR count). The third-order valence-corrected chi connectivity index (χ3v) is 5.98. The van der Waals surface area contributed by atoms with E-state index in [4.69, 9.17) is 18.9 Å². The van der Waals surface area contributed by atoms with E-state index in [9.17, 15) is 4.79 Å². The molecule has 2 aromatic rings. The molecule has 0 spiro atoms. The van der Waals surface area contributed by atoms with Crippen molar-refractivity contribution in [3.8, 4) is 23.0 Å². The molecule has 2 aliphatic heterocycles. The number of carbonyl (C=O) groups is 1. The summed E-state index contributed by atoms with van der Waals surface area (Å²) in [5.41, 5.74) is 2.19. The van der Waals surface area contributed by atoms with Crippen LogP contribution in [0, 0.1) is 0 Å². The summed E-state index contributed by atoms with van der Waals surface area (Å²) >= 11 is 0. The molecule has 1 saturated heterocycles. The standard InChI is InChI=1S/C24H30N2O5/c1-28-20-8-6-17(13-22(20)29-2)15-25-24(27)16-26-10-3-5-19(26)18-7-9-21-23(14-18)31-12-4-11-30-21/h6-9,13-14,19H,3-5,10-12,15-16H2,1-2H3,(H,25,27)/p+1/t19-/m0/s1. The minimum Gasteiger partial charge on any atom is -0.493 e. The molecule has 1 unspecified atom stereocenters. The number of ether oxygens (including phenoxy) is 4. The Balaban J connectivity index is 1.36. The number of hydrogen-bond donors (Lipinski definition) is 2. The van der Waals surface area contributed by atoms with Crippen molar-refractivity contribution in [2.75, 3.05) is 40.5 Å². The quantitative estimate of drug-likeness (QED) is 0.706. The van der Waals surface area contributed by atoms with Crippen molar-refractivity contribution in [3.63, 3.8) is 0 Å². The molecule has 0 bridgehead atoms. The van der Waals surface area contributed by atoms with Gasteiger partial charge in [0.2, 0.25) is 0 Å². The Kier molecular flexibility index (Phi) is 6.82. The lowest BCUT2D eigenvalue weighted by Crippen LogP contribution is -3.11. The highest BCUT2D eigenvalue weighted by Gasteiger charge is 2.32. The lowest BCUT2D eigenvalue weighted by Gasteiger charge is -2.22. The first-order chi connectivity index (χ1) is 15.2. The molecule has 1 amide bonds. The van der Waals surface area contributed by atoms with E-state index in [0.29, 0.717) is 43.8 Å². The highest BCUT2D eigenvalue weighted by atomic mass is 16.5. The van der Waals surface area contributed by atoms with Crippen molar-refractivity contribution in [2.24, 2.45) is 0 Å². The summed E-state index contributed by atoms with van der Waals surface area (Å²) in [7, 11) is 3.22. The second-order valence-electron chi connectivity index (χ2n) is 8.00. The fourth-order valence-corrected chi connectivity index (χ4v) is 4.38. The Morgan fingerprint density at radius 3 is 2.65 bits per heavy atom. The predicted molar refractivity (Wildman–Crippen MR) is 116 cm³/mol. The molecule has 2 N–H and O–H groups in total. The lowest BCUT2D eigenvalue weighted by molar-refractivity contribution is -0.910. The van der Waals surface area contributed by atoms with Gasteiger partial charge in [0.15, 0.2) is 29.5 Å². The average Bonchev–Trinajstić information content (AvgIpc) is 3.12. The molecule has 2 heterocycles. The van der Waals surface area contributed by atoms with E-state index in [2.05, 4.69) is 17.4 Å². The predicted octanol–water partition coefficient (Wildman–Crippen LogP) is 1.90. The average molecular weight is 428 g/mol. The smallest absolute Gasteiger partial charge is 0.275 e. The van der Waals surface area contributed by atoms with E-state index in [0.717, 1.165) is 42.9 Å². The van der Waals surface area contributed by atoms with E-state index in [1.807, 2.05) is 24.3 Å². The fourth-order valence-electron chi connectivity index (χ4n) is 4.38. The highest BCUT2D eigenvalue weighted by Crippen LogP contribution is 2.33. The fraction of sp³-hybridized carbons (Fsp3) is 0.458. The zero-order chi connectivity index (χ0) is 21.6. The summed E-state index contributed by atoms with van der Waals surface area (Å²) in [4.78, 5) is 14.0. The molecule has 2 aromatic carbocycles. The second-order valence-corrected chi connectivity index (χ2v) is 8.00. The van der Waals surface area contributed by atoms with Gasteiger partial charge in [-0.25, -0.2) is 0 Å². The molecule has 0 aliphatic carbocycles. The van der Waals surface area contributed by atoms with Crippen LogP contribution in [0.3, 0.4) is 0 Å². The van der Waals surface area contributed by atoms with Crippen molar-refractivity contribution < 1.29 is 28.6 Å². The molecule has 0 aromatic heterocycles. The third kappa shape index (κ3) is 5.05. The summed E-state index contributed by atoms with van der Waals surface area (Å²) < 4.78 is 22.2. The van der Waals surface area contributed by atoms with Crippen molar-refractivity contribution in [1.29, 1.82) is 0 Å². The number of quaternary nitrogens is 1. The number of likely N-dealkylation sites (tertiary alicyclic amines) is 1. The van der Waals surface area contributed by atoms with E-state index >= 15 is 0 Å². The zero-order valence-electron chi connectivity index (χ0n) is 18.2. The van der Waals surface area contributed by atoms with Gasteiger partial charge in [-0.2, -0.15) is 0 Å². The maximum atomic E-state index is 12.7. The number of carbonyl (C=O) groups excluding carboxylic acids is 1. The zero-order valence-corrected chi connectivity index (χ0v) is 18.2. The molecule has 2 aliphatic rings. The normalized spacial score (nSPS) is 20.1. The van der Waals surface area contributed by atoms with E-state index < -0.39 is 0 Å². The summed E-state index contributed by atoms with van der Waals surface area (Å²) in [6, 6.07) is 12.2. The van der Waals surface area contributed by atoms with Gasteiger partial charge in [-0.15, -0.1) is 0 Å². The minimum absolute atomic E-state index is 0.0472. The van der Waals surface area contributed by atoms with Crippen LogP contribution in [0.15, 0.2) is 36.4 Å². The van der Waals surface area contributed by atoms with Gasteiger partial charge in [-0.05, 0) is 35.9 Å². The third-order valence-electron chi connectivity index (χ3n) is 5.98. The van der Waals surface area contributed by atoms with Crippen LogP contribution in [-0.4, -0.2) is 46.4 Å². The van der Waals surface area contributed by atoms with Gasteiger partial charge in [0, 0.05) is 31.4 Å². The molecule has 31 heavy (non-hydrogen) atoms. The number of methoxy groups -OCH3 is 2. The van der Waals surface area contributed by atoms with Gasteiger partial charge in [-0.3, -0.25) is 4.79 Å². The molecule has 0 saturated carbocycles. The summed E-state index contributed by atoms with van der Waals surface area (Å²) in [6.45, 7) is 3.26. The molecule has 7 heteroatoms. The Labute approximate surface area is 183 Å². The molecular weight excluding hydrogens is 396 g/mol. The number of fused-ring (bicyclic) bond motifs is 1. The van der Waals surface area contributed by atoms with Crippen LogP contribution in [0.5, 0.6) is 23.0 Å². The second kappa shape index (κ2) is 9.92. The molecule has 2 atom stereocenters. The van der Waals surface area contributed by atoms with Gasteiger partial charge in [0.1, 0.15) is 6.04 Å². The van der Waals surface area contributed by atoms with Gasteiger partial charge < -0.3 is 29.2 Å². The van der Waals surface area contributed by atoms with Gasteiger partial charge >= 0.3 is 0 Å². The van der Waals surface area contributed by atoms with E-state index in [1.165, 1.54) is 10.5 Å². The maximum Gasteiger partial charge on any atom is 0.275 e. The van der Waals surface area contributed by atoms with Crippen molar-refractivity contribution >= 4 is 5.91 Å². The van der Waals surface area contributed by atoms with Crippen LogP contribution in [0.2, 0.25) is 0 Å². The van der Waals surface area contributed by atoms with Crippen LogP contribution in [-0.2, 0) is 11.3 Å². The number of amides is 1. The number of hydrogen-bond acceptors (Lipinski definition) is 5. The van der Waals surface area contributed by atoms with Crippen LogP contribution < -0.4 is 29.2 Å². The van der Waals surface area contributed by atoms with Crippen LogP contribution in [0.1, 0.15) is 36.4 Å². The Morgan fingerprint density at radius 2 is 1.84 bits per heavy atom. The van der Waals surface area contributed by atoms with Crippen molar-refractivity contribution in [1.82, 2.24) is 5.32 Å². The molecule has 0 radical (unpaired) electrons. The lowest BCUT2D eigenvalue weighted by atomic mass is 10.0. The van der Waals surface area contributed by atoms with Gasteiger partial charge in [-0.1, -0.05) is 6.07 Å². The Bertz CT molecular complexity index is 917. The molecular formula is C24H31N2O5+. The first-order valence-corrected chi connectivity index (χ1v) is 10.9. The summed E-state index contributed by atoms with van der Waals surface area (Å²) in [5.74, 6) is 3.02. The molecule has 7 nitrogen and oxygen atoms in total. The van der Waals surface area contributed by atoms with Crippen LogP contribution >= 0.6 is 0 Å².